The number of ether oxygens (including phenoxy) is 1. The van der Waals surface area contributed by atoms with Crippen molar-refractivity contribution in [2.45, 2.75) is 12.8 Å². The number of methoxy groups -OCH3 is 1. The number of anilines is 2. The molecule has 0 atom stereocenters. The molecule has 5 nitrogen and oxygen atoms in total. The van der Waals surface area contributed by atoms with Crippen LogP contribution in [0.2, 0.25) is 0 Å². The summed E-state index contributed by atoms with van der Waals surface area (Å²) in [5, 5.41) is 12.1. The van der Waals surface area contributed by atoms with Gasteiger partial charge in [0.15, 0.2) is 0 Å². The first-order chi connectivity index (χ1) is 8.70. The highest BCUT2D eigenvalue weighted by molar-refractivity contribution is 5.74. The van der Waals surface area contributed by atoms with E-state index in [1.165, 1.54) is 0 Å². The number of carboxylic acids is 1. The Kier molecular flexibility index (Phi) is 3.92. The van der Waals surface area contributed by atoms with E-state index in [4.69, 9.17) is 9.84 Å². The molecule has 0 aliphatic carbocycles. The highest BCUT2D eigenvalue weighted by Crippen LogP contribution is 2.32. The van der Waals surface area contributed by atoms with E-state index >= 15 is 0 Å². The summed E-state index contributed by atoms with van der Waals surface area (Å²) in [7, 11) is 1.63. The van der Waals surface area contributed by atoms with Crippen molar-refractivity contribution in [3.05, 3.63) is 18.2 Å². The number of carbonyl (C=O) groups is 1. The maximum absolute atomic E-state index is 10.7. The van der Waals surface area contributed by atoms with Crippen LogP contribution in [0.25, 0.3) is 0 Å². The first-order valence-electron chi connectivity index (χ1n) is 6.09. The van der Waals surface area contributed by atoms with Crippen LogP contribution >= 0.6 is 0 Å². The number of hydrogen-bond acceptors (Lipinski definition) is 4. The van der Waals surface area contributed by atoms with Crippen molar-refractivity contribution in [1.82, 2.24) is 0 Å². The van der Waals surface area contributed by atoms with Gasteiger partial charge in [0.25, 0.3) is 0 Å². The van der Waals surface area contributed by atoms with Gasteiger partial charge in [0.05, 0.1) is 24.9 Å². The molecule has 1 aliphatic rings. The normalized spacial score (nSPS) is 14.4. The third kappa shape index (κ3) is 2.85. The number of benzene rings is 1. The van der Waals surface area contributed by atoms with Crippen molar-refractivity contribution in [2.75, 3.05) is 37.0 Å². The summed E-state index contributed by atoms with van der Waals surface area (Å²) < 4.78 is 5.22. The number of nitrogens with one attached hydrogen (secondary N) is 1. The minimum absolute atomic E-state index is 0.149. The second-order valence-electron chi connectivity index (χ2n) is 4.29. The van der Waals surface area contributed by atoms with E-state index in [2.05, 4.69) is 10.2 Å². The summed E-state index contributed by atoms with van der Waals surface area (Å²) in [6.07, 6.45) is 1.15. The van der Waals surface area contributed by atoms with E-state index in [1.54, 1.807) is 7.11 Å². The summed E-state index contributed by atoms with van der Waals surface area (Å²) >= 11 is 0. The Morgan fingerprint density at radius 3 is 3.11 bits per heavy atom. The van der Waals surface area contributed by atoms with Gasteiger partial charge < -0.3 is 20.1 Å². The van der Waals surface area contributed by atoms with E-state index in [-0.39, 0.29) is 6.42 Å². The number of hydrogen-bond donors (Lipinski definition) is 2. The van der Waals surface area contributed by atoms with Crippen LogP contribution < -0.4 is 15.0 Å². The maximum atomic E-state index is 10.7. The van der Waals surface area contributed by atoms with E-state index in [1.807, 2.05) is 18.2 Å². The maximum Gasteiger partial charge on any atom is 0.305 e. The molecule has 0 aromatic heterocycles. The zero-order valence-corrected chi connectivity index (χ0v) is 10.5. The Labute approximate surface area is 106 Å². The number of nitrogens with zero attached hydrogens (tertiary/aromatic N) is 1. The Balaban J connectivity index is 2.23. The van der Waals surface area contributed by atoms with E-state index in [0.29, 0.717) is 6.54 Å². The number of fused-ring (bicyclic) bond motifs is 1. The lowest BCUT2D eigenvalue weighted by Gasteiger charge is -2.24. The van der Waals surface area contributed by atoms with Gasteiger partial charge in [-0.05, 0) is 18.6 Å². The van der Waals surface area contributed by atoms with Crippen molar-refractivity contribution in [3.8, 4) is 5.75 Å². The van der Waals surface area contributed by atoms with Crippen molar-refractivity contribution >= 4 is 17.3 Å². The molecule has 1 aromatic rings. The van der Waals surface area contributed by atoms with Crippen LogP contribution in [0, 0.1) is 0 Å². The van der Waals surface area contributed by atoms with Crippen molar-refractivity contribution in [1.29, 1.82) is 0 Å². The fourth-order valence-electron chi connectivity index (χ4n) is 2.13. The molecule has 0 saturated heterocycles. The van der Waals surface area contributed by atoms with Gasteiger partial charge in [-0.1, -0.05) is 0 Å². The van der Waals surface area contributed by atoms with E-state index in [0.717, 1.165) is 36.6 Å². The quantitative estimate of drug-likeness (QED) is 0.853. The van der Waals surface area contributed by atoms with Crippen LogP contribution in [0.15, 0.2) is 18.2 Å². The predicted octanol–water partition coefficient (Wildman–Crippen LogP) is 1.79. The molecule has 0 bridgehead atoms. The molecule has 1 aliphatic heterocycles. The minimum Gasteiger partial charge on any atom is -0.497 e. The summed E-state index contributed by atoms with van der Waals surface area (Å²) in [5.41, 5.74) is 2.06. The number of aliphatic carboxylic acids is 1. The number of carboxylic acid groups (broad SMARTS) is 1. The van der Waals surface area contributed by atoms with Gasteiger partial charge in [0.1, 0.15) is 5.75 Å². The molecule has 1 aromatic carbocycles. The molecule has 0 spiro atoms. The molecule has 0 fully saturated rings. The van der Waals surface area contributed by atoms with Crippen LogP contribution in [0.4, 0.5) is 11.4 Å². The van der Waals surface area contributed by atoms with Gasteiger partial charge in [-0.25, -0.2) is 0 Å². The molecule has 5 heteroatoms. The lowest BCUT2D eigenvalue weighted by atomic mass is 10.2. The van der Waals surface area contributed by atoms with Gasteiger partial charge in [-0.3, -0.25) is 4.79 Å². The highest BCUT2D eigenvalue weighted by atomic mass is 16.5. The van der Waals surface area contributed by atoms with E-state index in [9.17, 15) is 4.79 Å². The summed E-state index contributed by atoms with van der Waals surface area (Å²) in [5.74, 6) is 0.0226. The lowest BCUT2D eigenvalue weighted by Crippen LogP contribution is -2.26. The van der Waals surface area contributed by atoms with Crippen LogP contribution in [-0.4, -0.2) is 37.8 Å². The molecule has 0 radical (unpaired) electrons. The second kappa shape index (κ2) is 5.62. The average Bonchev–Trinajstić information content (AvgIpc) is 2.57. The lowest BCUT2D eigenvalue weighted by molar-refractivity contribution is -0.136. The predicted molar refractivity (Wildman–Crippen MR) is 70.6 cm³/mol. The van der Waals surface area contributed by atoms with Gasteiger partial charge in [-0.2, -0.15) is 0 Å². The average molecular weight is 250 g/mol. The zero-order chi connectivity index (χ0) is 13.0. The minimum atomic E-state index is -0.767. The standard InChI is InChI=1S/C13H18N2O3/c1-18-10-3-4-11-12(9-10)15(7-2-6-14-11)8-5-13(16)17/h3-4,9,14H,2,5-8H2,1H3,(H,16,17). The Morgan fingerprint density at radius 1 is 1.56 bits per heavy atom. The molecule has 1 heterocycles. The van der Waals surface area contributed by atoms with Crippen LogP contribution in [0.3, 0.4) is 0 Å². The summed E-state index contributed by atoms with van der Waals surface area (Å²) in [6.45, 7) is 2.29. The van der Waals surface area contributed by atoms with Crippen LogP contribution in [0.1, 0.15) is 12.8 Å². The van der Waals surface area contributed by atoms with Crippen molar-refractivity contribution in [2.24, 2.45) is 0 Å². The van der Waals surface area contributed by atoms with Gasteiger partial charge >= 0.3 is 5.97 Å². The third-order valence-electron chi connectivity index (χ3n) is 3.06. The fourth-order valence-corrected chi connectivity index (χ4v) is 2.13. The largest absolute Gasteiger partial charge is 0.497 e. The SMILES string of the molecule is COc1ccc2c(c1)N(CCC(=O)O)CCCN2. The van der Waals surface area contributed by atoms with E-state index < -0.39 is 5.97 Å². The third-order valence-corrected chi connectivity index (χ3v) is 3.06. The van der Waals surface area contributed by atoms with Gasteiger partial charge in [0.2, 0.25) is 0 Å². The van der Waals surface area contributed by atoms with Crippen LogP contribution in [-0.2, 0) is 4.79 Å². The first-order valence-corrected chi connectivity index (χ1v) is 6.09. The van der Waals surface area contributed by atoms with Gasteiger partial charge in [0, 0.05) is 25.7 Å². The summed E-state index contributed by atoms with van der Waals surface area (Å²) in [6, 6.07) is 5.84. The first kappa shape index (κ1) is 12.5. The molecular formula is C13H18N2O3. The van der Waals surface area contributed by atoms with Crippen LogP contribution in [0.5, 0.6) is 5.75 Å². The molecular weight excluding hydrogens is 232 g/mol. The van der Waals surface area contributed by atoms with Gasteiger partial charge in [-0.15, -0.1) is 0 Å². The van der Waals surface area contributed by atoms with Crippen molar-refractivity contribution < 1.29 is 14.6 Å². The second-order valence-corrected chi connectivity index (χ2v) is 4.29. The molecule has 2 N–H and O–H groups in total. The topological polar surface area (TPSA) is 61.8 Å². The Hall–Kier alpha value is -1.91. The molecule has 0 amide bonds. The summed E-state index contributed by atoms with van der Waals surface area (Å²) in [4.78, 5) is 12.8. The highest BCUT2D eigenvalue weighted by Gasteiger charge is 2.16. The molecule has 0 saturated carbocycles. The smallest absolute Gasteiger partial charge is 0.305 e. The van der Waals surface area contributed by atoms with Crippen molar-refractivity contribution in [3.63, 3.8) is 0 Å². The zero-order valence-electron chi connectivity index (χ0n) is 10.5. The Bertz CT molecular complexity index is 434. The number of rotatable bonds is 4. The molecule has 18 heavy (non-hydrogen) atoms. The fraction of sp³-hybridized carbons (Fsp3) is 0.462. The monoisotopic (exact) mass is 250 g/mol. The molecule has 2 rings (SSSR count). The molecule has 98 valence electrons. The Morgan fingerprint density at radius 2 is 2.39 bits per heavy atom. The molecule has 0 unspecified atom stereocenters.